The first-order valence-electron chi connectivity index (χ1n) is 5.43. The maximum Gasteiger partial charge on any atom is 0.129 e. The van der Waals surface area contributed by atoms with Crippen LogP contribution in [0, 0.1) is 0 Å². The quantitative estimate of drug-likeness (QED) is 0.589. The predicted octanol–water partition coefficient (Wildman–Crippen LogP) is 2.52. The van der Waals surface area contributed by atoms with Gasteiger partial charge in [0.2, 0.25) is 0 Å². The van der Waals surface area contributed by atoms with E-state index >= 15 is 0 Å². The number of carbonyl (C=O) groups excluding carboxylic acids is 1. The van der Waals surface area contributed by atoms with E-state index in [2.05, 4.69) is 19.2 Å². The van der Waals surface area contributed by atoms with Crippen LogP contribution in [0.1, 0.15) is 52.9 Å². The van der Waals surface area contributed by atoms with Crippen molar-refractivity contribution in [3.63, 3.8) is 0 Å². The van der Waals surface area contributed by atoms with Gasteiger partial charge in [0.05, 0.1) is 0 Å². The highest BCUT2D eigenvalue weighted by atomic mass is 16.1. The van der Waals surface area contributed by atoms with E-state index in [1.165, 1.54) is 12.8 Å². The summed E-state index contributed by atoms with van der Waals surface area (Å²) in [5, 5.41) is 3.48. The third kappa shape index (κ3) is 7.97. The molecular weight excluding hydrogens is 162 g/mol. The molecule has 13 heavy (non-hydrogen) atoms. The predicted molar refractivity (Wildman–Crippen MR) is 56.9 cm³/mol. The maximum atomic E-state index is 10.6. The Hall–Kier alpha value is -0.370. The second-order valence-corrected chi connectivity index (χ2v) is 3.63. The van der Waals surface area contributed by atoms with Gasteiger partial charge in [-0.3, -0.25) is 0 Å². The van der Waals surface area contributed by atoms with Gasteiger partial charge in [0.15, 0.2) is 0 Å². The SMILES string of the molecule is CCC(CC)NCCCCC(C)=O. The van der Waals surface area contributed by atoms with Gasteiger partial charge >= 0.3 is 0 Å². The van der Waals surface area contributed by atoms with Crippen molar-refractivity contribution >= 4 is 5.78 Å². The molecule has 0 aliphatic carbocycles. The van der Waals surface area contributed by atoms with Crippen LogP contribution in [0.25, 0.3) is 0 Å². The molecule has 0 aromatic rings. The van der Waals surface area contributed by atoms with E-state index < -0.39 is 0 Å². The number of ketones is 1. The van der Waals surface area contributed by atoms with E-state index in [1.54, 1.807) is 6.92 Å². The zero-order chi connectivity index (χ0) is 10.1. The molecule has 1 N–H and O–H groups in total. The maximum absolute atomic E-state index is 10.6. The van der Waals surface area contributed by atoms with Crippen molar-refractivity contribution in [3.8, 4) is 0 Å². The molecule has 0 aliphatic rings. The van der Waals surface area contributed by atoms with Crippen molar-refractivity contribution in [2.24, 2.45) is 0 Å². The Morgan fingerprint density at radius 3 is 2.31 bits per heavy atom. The molecule has 0 atom stereocenters. The van der Waals surface area contributed by atoms with Gasteiger partial charge in [-0.05, 0) is 39.2 Å². The highest BCUT2D eigenvalue weighted by Gasteiger charge is 2.00. The Morgan fingerprint density at radius 2 is 1.85 bits per heavy atom. The molecule has 0 aliphatic heterocycles. The van der Waals surface area contributed by atoms with Crippen molar-refractivity contribution in [1.29, 1.82) is 0 Å². The molecular formula is C11H23NO. The van der Waals surface area contributed by atoms with Crippen LogP contribution in [0.3, 0.4) is 0 Å². The van der Waals surface area contributed by atoms with Crippen LogP contribution in [0.2, 0.25) is 0 Å². The second kappa shape index (κ2) is 8.24. The van der Waals surface area contributed by atoms with Crippen molar-refractivity contribution in [2.75, 3.05) is 6.54 Å². The number of hydrogen-bond acceptors (Lipinski definition) is 2. The van der Waals surface area contributed by atoms with E-state index in [0.717, 1.165) is 25.8 Å². The molecule has 0 amide bonds. The first-order chi connectivity index (χ1) is 6.20. The molecule has 0 heterocycles. The van der Waals surface area contributed by atoms with Gasteiger partial charge in [-0.2, -0.15) is 0 Å². The third-order valence-corrected chi connectivity index (χ3v) is 2.37. The minimum atomic E-state index is 0.308. The summed E-state index contributed by atoms with van der Waals surface area (Å²) in [5.74, 6) is 0.308. The van der Waals surface area contributed by atoms with E-state index in [0.29, 0.717) is 11.8 Å². The molecule has 0 spiro atoms. The van der Waals surface area contributed by atoms with Crippen LogP contribution in [0.5, 0.6) is 0 Å². The molecule has 0 aromatic carbocycles. The summed E-state index contributed by atoms with van der Waals surface area (Å²) in [6.07, 6.45) is 5.29. The molecule has 0 bridgehead atoms. The Labute approximate surface area is 82.1 Å². The van der Waals surface area contributed by atoms with Crippen LogP contribution in [-0.2, 0) is 4.79 Å². The van der Waals surface area contributed by atoms with Crippen LogP contribution in [-0.4, -0.2) is 18.4 Å². The van der Waals surface area contributed by atoms with Crippen molar-refractivity contribution in [1.82, 2.24) is 5.32 Å². The molecule has 78 valence electrons. The number of unbranched alkanes of at least 4 members (excludes halogenated alkanes) is 1. The van der Waals surface area contributed by atoms with E-state index in [-0.39, 0.29) is 0 Å². The van der Waals surface area contributed by atoms with Gasteiger partial charge in [-0.25, -0.2) is 0 Å². The Morgan fingerprint density at radius 1 is 1.23 bits per heavy atom. The van der Waals surface area contributed by atoms with Crippen LogP contribution >= 0.6 is 0 Å². The lowest BCUT2D eigenvalue weighted by atomic mass is 10.1. The van der Waals surface area contributed by atoms with Gasteiger partial charge in [-0.15, -0.1) is 0 Å². The first-order valence-corrected chi connectivity index (χ1v) is 5.43. The number of rotatable bonds is 8. The topological polar surface area (TPSA) is 29.1 Å². The fraction of sp³-hybridized carbons (Fsp3) is 0.909. The van der Waals surface area contributed by atoms with Crippen molar-refractivity contribution in [3.05, 3.63) is 0 Å². The highest BCUT2D eigenvalue weighted by molar-refractivity contribution is 5.75. The van der Waals surface area contributed by atoms with Gasteiger partial charge in [0.1, 0.15) is 5.78 Å². The number of hydrogen-bond donors (Lipinski definition) is 1. The van der Waals surface area contributed by atoms with Crippen LogP contribution in [0.4, 0.5) is 0 Å². The van der Waals surface area contributed by atoms with Gasteiger partial charge in [0.25, 0.3) is 0 Å². The van der Waals surface area contributed by atoms with Crippen molar-refractivity contribution < 1.29 is 4.79 Å². The molecule has 0 rings (SSSR count). The van der Waals surface area contributed by atoms with E-state index in [4.69, 9.17) is 0 Å². The lowest BCUT2D eigenvalue weighted by Gasteiger charge is -2.13. The molecule has 2 nitrogen and oxygen atoms in total. The lowest BCUT2D eigenvalue weighted by Crippen LogP contribution is -2.28. The number of carbonyl (C=O) groups is 1. The summed E-state index contributed by atoms with van der Waals surface area (Å²) in [7, 11) is 0. The fourth-order valence-electron chi connectivity index (χ4n) is 1.38. The normalized spacial score (nSPS) is 10.8. The average molecular weight is 185 g/mol. The third-order valence-electron chi connectivity index (χ3n) is 2.37. The standard InChI is InChI=1S/C11H23NO/c1-4-11(5-2)12-9-7-6-8-10(3)13/h11-12H,4-9H2,1-3H3. The summed E-state index contributed by atoms with van der Waals surface area (Å²) < 4.78 is 0. The number of nitrogens with one attached hydrogen (secondary N) is 1. The van der Waals surface area contributed by atoms with Gasteiger partial charge < -0.3 is 10.1 Å². The zero-order valence-electron chi connectivity index (χ0n) is 9.23. The van der Waals surface area contributed by atoms with Gasteiger partial charge in [-0.1, -0.05) is 13.8 Å². The second-order valence-electron chi connectivity index (χ2n) is 3.63. The summed E-state index contributed by atoms with van der Waals surface area (Å²) >= 11 is 0. The van der Waals surface area contributed by atoms with Crippen LogP contribution in [0.15, 0.2) is 0 Å². The zero-order valence-corrected chi connectivity index (χ0v) is 9.23. The summed E-state index contributed by atoms with van der Waals surface area (Å²) in [4.78, 5) is 10.6. The number of Topliss-reactive ketones (excluding diaryl/α,β-unsaturated/α-hetero) is 1. The summed E-state index contributed by atoms with van der Waals surface area (Å²) in [5.41, 5.74) is 0. The Bertz CT molecular complexity index is 130. The molecule has 0 saturated carbocycles. The molecule has 0 unspecified atom stereocenters. The molecule has 2 heteroatoms. The molecule has 0 saturated heterocycles. The average Bonchev–Trinajstić information content (AvgIpc) is 2.11. The van der Waals surface area contributed by atoms with E-state index in [9.17, 15) is 4.79 Å². The minimum absolute atomic E-state index is 0.308. The summed E-state index contributed by atoms with van der Waals surface area (Å²) in [6, 6.07) is 0.664. The first kappa shape index (κ1) is 12.6. The minimum Gasteiger partial charge on any atom is -0.314 e. The Balaban J connectivity index is 3.19. The fourth-order valence-corrected chi connectivity index (χ4v) is 1.38. The van der Waals surface area contributed by atoms with Crippen LogP contribution < -0.4 is 5.32 Å². The lowest BCUT2D eigenvalue weighted by molar-refractivity contribution is -0.117. The van der Waals surface area contributed by atoms with Crippen molar-refractivity contribution in [2.45, 2.75) is 58.9 Å². The monoisotopic (exact) mass is 185 g/mol. The van der Waals surface area contributed by atoms with Gasteiger partial charge in [0, 0.05) is 12.5 Å². The largest absolute Gasteiger partial charge is 0.314 e. The smallest absolute Gasteiger partial charge is 0.129 e. The highest BCUT2D eigenvalue weighted by Crippen LogP contribution is 1.98. The molecule has 0 fully saturated rings. The molecule has 0 aromatic heterocycles. The summed E-state index contributed by atoms with van der Waals surface area (Å²) in [6.45, 7) is 7.13. The van der Waals surface area contributed by atoms with E-state index in [1.807, 2.05) is 0 Å². The Kier molecular flexibility index (Phi) is 8.00. The molecule has 0 radical (unpaired) electrons.